The van der Waals surface area contributed by atoms with E-state index in [1.54, 1.807) is 0 Å². The highest BCUT2D eigenvalue weighted by molar-refractivity contribution is 5.75. The van der Waals surface area contributed by atoms with E-state index in [-0.39, 0.29) is 5.91 Å². The Kier molecular flexibility index (Phi) is 17.9. The van der Waals surface area contributed by atoms with Crippen molar-refractivity contribution in [2.75, 3.05) is 6.54 Å². The molecule has 2 heteroatoms. The summed E-state index contributed by atoms with van der Waals surface area (Å²) >= 11 is 0. The van der Waals surface area contributed by atoms with Crippen molar-refractivity contribution in [3.8, 4) is 0 Å². The molecule has 1 amide bonds. The fourth-order valence-electron chi connectivity index (χ4n) is 2.76. The van der Waals surface area contributed by atoms with E-state index in [4.69, 9.17) is 0 Å². The van der Waals surface area contributed by atoms with E-state index in [9.17, 15) is 4.79 Å². The number of nitrogens with one attached hydrogen (secondary N) is 1. The van der Waals surface area contributed by atoms with Gasteiger partial charge in [0.25, 0.3) is 0 Å². The Hall–Kier alpha value is -0.790. The number of rotatable bonds is 17. The molecule has 0 rings (SSSR count). The summed E-state index contributed by atoms with van der Waals surface area (Å²) in [5.74, 6) is 0.768. The lowest BCUT2D eigenvalue weighted by molar-refractivity contribution is -0.121. The summed E-state index contributed by atoms with van der Waals surface area (Å²) in [5, 5.41) is 2.98. The SMILES string of the molecule is CCCCCCCC/C=C\CCCCCCCC(=O)NCC(C)C. The zero-order valence-corrected chi connectivity index (χ0v) is 16.7. The van der Waals surface area contributed by atoms with Crippen LogP contribution in [0, 0.1) is 5.92 Å². The molecule has 0 aliphatic rings. The van der Waals surface area contributed by atoms with Gasteiger partial charge in [0.05, 0.1) is 0 Å². The van der Waals surface area contributed by atoms with Gasteiger partial charge < -0.3 is 5.32 Å². The van der Waals surface area contributed by atoms with Gasteiger partial charge in [0, 0.05) is 13.0 Å². The molecule has 0 aliphatic heterocycles. The second-order valence-corrected chi connectivity index (χ2v) is 7.53. The number of amides is 1. The molecule has 0 fully saturated rings. The predicted molar refractivity (Wildman–Crippen MR) is 107 cm³/mol. The summed E-state index contributed by atoms with van der Waals surface area (Å²) in [6.07, 6.45) is 22.4. The summed E-state index contributed by atoms with van der Waals surface area (Å²) in [5.41, 5.74) is 0. The summed E-state index contributed by atoms with van der Waals surface area (Å²) in [4.78, 5) is 11.6. The van der Waals surface area contributed by atoms with Crippen LogP contribution < -0.4 is 5.32 Å². The lowest BCUT2D eigenvalue weighted by Gasteiger charge is -2.07. The summed E-state index contributed by atoms with van der Waals surface area (Å²) < 4.78 is 0. The van der Waals surface area contributed by atoms with Crippen molar-refractivity contribution < 1.29 is 4.79 Å². The van der Waals surface area contributed by atoms with Crippen molar-refractivity contribution in [1.82, 2.24) is 5.32 Å². The summed E-state index contributed by atoms with van der Waals surface area (Å²) in [6, 6.07) is 0. The first-order valence-corrected chi connectivity index (χ1v) is 10.6. The molecular formula is C22H43NO. The second-order valence-electron chi connectivity index (χ2n) is 7.53. The lowest BCUT2D eigenvalue weighted by Crippen LogP contribution is -2.26. The van der Waals surface area contributed by atoms with Gasteiger partial charge in [-0.05, 0) is 38.0 Å². The molecule has 0 aromatic carbocycles. The van der Waals surface area contributed by atoms with Crippen LogP contribution >= 0.6 is 0 Å². The Morgan fingerprint density at radius 2 is 1.29 bits per heavy atom. The Balaban J connectivity index is 3.19. The van der Waals surface area contributed by atoms with Crippen LogP contribution in [0.1, 0.15) is 111 Å². The molecule has 0 bridgehead atoms. The Morgan fingerprint density at radius 1 is 0.792 bits per heavy atom. The van der Waals surface area contributed by atoms with Gasteiger partial charge in [0.1, 0.15) is 0 Å². The van der Waals surface area contributed by atoms with Gasteiger partial charge in [-0.2, -0.15) is 0 Å². The molecular weight excluding hydrogens is 294 g/mol. The van der Waals surface area contributed by atoms with Crippen LogP contribution in [-0.4, -0.2) is 12.5 Å². The second kappa shape index (κ2) is 18.5. The van der Waals surface area contributed by atoms with Crippen LogP contribution in [0.5, 0.6) is 0 Å². The largest absolute Gasteiger partial charge is 0.356 e. The first kappa shape index (κ1) is 23.2. The third kappa shape index (κ3) is 19.3. The molecule has 0 radical (unpaired) electrons. The number of hydrogen-bond donors (Lipinski definition) is 1. The van der Waals surface area contributed by atoms with Crippen LogP contribution in [0.4, 0.5) is 0 Å². The fraction of sp³-hybridized carbons (Fsp3) is 0.864. The molecule has 0 spiro atoms. The maximum absolute atomic E-state index is 11.6. The maximum atomic E-state index is 11.6. The van der Waals surface area contributed by atoms with Crippen molar-refractivity contribution in [2.24, 2.45) is 5.92 Å². The van der Waals surface area contributed by atoms with Crippen molar-refractivity contribution in [1.29, 1.82) is 0 Å². The van der Waals surface area contributed by atoms with Crippen molar-refractivity contribution in [3.63, 3.8) is 0 Å². The number of allylic oxidation sites excluding steroid dienone is 2. The van der Waals surface area contributed by atoms with E-state index in [2.05, 4.69) is 38.2 Å². The van der Waals surface area contributed by atoms with Crippen LogP contribution in [0.25, 0.3) is 0 Å². The van der Waals surface area contributed by atoms with Crippen molar-refractivity contribution in [2.45, 2.75) is 111 Å². The van der Waals surface area contributed by atoms with Crippen LogP contribution in [0.15, 0.2) is 12.2 Å². The lowest BCUT2D eigenvalue weighted by atomic mass is 10.1. The van der Waals surface area contributed by atoms with E-state index in [1.807, 2.05) is 0 Å². The molecule has 24 heavy (non-hydrogen) atoms. The minimum atomic E-state index is 0.223. The van der Waals surface area contributed by atoms with Gasteiger partial charge in [-0.15, -0.1) is 0 Å². The van der Waals surface area contributed by atoms with E-state index in [1.165, 1.54) is 77.0 Å². The van der Waals surface area contributed by atoms with Gasteiger partial charge in [-0.1, -0.05) is 84.3 Å². The zero-order valence-electron chi connectivity index (χ0n) is 16.7. The van der Waals surface area contributed by atoms with Gasteiger partial charge in [-0.3, -0.25) is 4.79 Å². The normalized spacial score (nSPS) is 11.5. The van der Waals surface area contributed by atoms with E-state index >= 15 is 0 Å². The molecule has 0 aliphatic carbocycles. The standard InChI is InChI=1S/C22H43NO/c1-4-5-6-7-8-9-10-11-12-13-14-15-16-17-18-19-22(24)23-20-21(2)3/h11-12,21H,4-10,13-20H2,1-3H3,(H,23,24)/b12-11-. The molecule has 142 valence electrons. The topological polar surface area (TPSA) is 29.1 Å². The third-order valence-electron chi connectivity index (χ3n) is 4.37. The van der Waals surface area contributed by atoms with Gasteiger partial charge in [-0.25, -0.2) is 0 Å². The first-order valence-electron chi connectivity index (χ1n) is 10.6. The van der Waals surface area contributed by atoms with Gasteiger partial charge in [0.15, 0.2) is 0 Å². The number of carbonyl (C=O) groups is 1. The number of unbranched alkanes of at least 4 members (excludes halogenated alkanes) is 11. The number of hydrogen-bond acceptors (Lipinski definition) is 1. The molecule has 1 N–H and O–H groups in total. The van der Waals surface area contributed by atoms with Crippen LogP contribution in [-0.2, 0) is 4.79 Å². The summed E-state index contributed by atoms with van der Waals surface area (Å²) in [6.45, 7) is 7.34. The minimum Gasteiger partial charge on any atom is -0.356 e. The molecule has 2 nitrogen and oxygen atoms in total. The minimum absolute atomic E-state index is 0.223. The molecule has 0 atom stereocenters. The van der Waals surface area contributed by atoms with E-state index in [0.29, 0.717) is 12.3 Å². The smallest absolute Gasteiger partial charge is 0.220 e. The molecule has 0 heterocycles. The highest BCUT2D eigenvalue weighted by Gasteiger charge is 2.01. The highest BCUT2D eigenvalue weighted by Crippen LogP contribution is 2.09. The van der Waals surface area contributed by atoms with Crippen molar-refractivity contribution in [3.05, 3.63) is 12.2 Å². The van der Waals surface area contributed by atoms with Gasteiger partial charge >= 0.3 is 0 Å². The molecule has 0 unspecified atom stereocenters. The fourth-order valence-corrected chi connectivity index (χ4v) is 2.76. The van der Waals surface area contributed by atoms with Crippen LogP contribution in [0.2, 0.25) is 0 Å². The average Bonchev–Trinajstić information content (AvgIpc) is 2.56. The Bertz CT molecular complexity index is 296. The Labute approximate surface area is 151 Å². The number of carbonyl (C=O) groups excluding carboxylic acids is 1. The average molecular weight is 338 g/mol. The monoisotopic (exact) mass is 337 g/mol. The van der Waals surface area contributed by atoms with Gasteiger partial charge in [0.2, 0.25) is 5.91 Å². The predicted octanol–water partition coefficient (Wildman–Crippen LogP) is 6.80. The van der Waals surface area contributed by atoms with E-state index < -0.39 is 0 Å². The summed E-state index contributed by atoms with van der Waals surface area (Å²) in [7, 11) is 0. The van der Waals surface area contributed by atoms with Crippen LogP contribution in [0.3, 0.4) is 0 Å². The molecule has 0 aromatic heterocycles. The third-order valence-corrected chi connectivity index (χ3v) is 4.37. The zero-order chi connectivity index (χ0) is 17.9. The maximum Gasteiger partial charge on any atom is 0.220 e. The molecule has 0 saturated carbocycles. The molecule has 0 aromatic rings. The van der Waals surface area contributed by atoms with Crippen molar-refractivity contribution >= 4 is 5.91 Å². The quantitative estimate of drug-likeness (QED) is 0.229. The highest BCUT2D eigenvalue weighted by atomic mass is 16.1. The van der Waals surface area contributed by atoms with E-state index in [0.717, 1.165) is 13.0 Å². The Morgan fingerprint density at radius 3 is 1.83 bits per heavy atom. The molecule has 0 saturated heterocycles. The first-order chi connectivity index (χ1) is 11.7.